The van der Waals surface area contributed by atoms with Crippen LogP contribution in [-0.2, 0) is 15.9 Å². The van der Waals surface area contributed by atoms with Crippen LogP contribution in [0.3, 0.4) is 0 Å². The maximum absolute atomic E-state index is 12.7. The Morgan fingerprint density at radius 1 is 1.36 bits per heavy atom. The molecule has 0 spiro atoms. The summed E-state index contributed by atoms with van der Waals surface area (Å²) in [6.45, 7) is 9.67. The third-order valence-corrected chi connectivity index (χ3v) is 5.13. The number of carbonyl (C=O) groups is 1. The second-order valence-electron chi connectivity index (χ2n) is 8.97. The standard InChI is InChI=1S/C20H31N3O5/c1-19(2,3)27-18(25)23-15(13-26-20(23,4)5)11-8-10-14-9-6-7-12-16-21-28-17(24)22(14)16/h8,11,14-15H,6-7,9-10,12-13H2,1-5H3/t14?,15-/m1/s1. The molecule has 0 N–H and O–H groups in total. The Labute approximate surface area is 165 Å². The number of carbonyl (C=O) groups excluding carboxylic acids is 1. The van der Waals surface area contributed by atoms with Crippen molar-refractivity contribution in [3.63, 3.8) is 0 Å². The Morgan fingerprint density at radius 2 is 2.11 bits per heavy atom. The van der Waals surface area contributed by atoms with Gasteiger partial charge >= 0.3 is 11.8 Å². The highest BCUT2D eigenvalue weighted by molar-refractivity contribution is 5.70. The van der Waals surface area contributed by atoms with E-state index in [2.05, 4.69) is 5.16 Å². The van der Waals surface area contributed by atoms with Crippen molar-refractivity contribution in [2.24, 2.45) is 0 Å². The number of fused-ring (bicyclic) bond motifs is 1. The van der Waals surface area contributed by atoms with Gasteiger partial charge in [-0.15, -0.1) is 0 Å². The number of nitrogens with zero attached hydrogens (tertiary/aromatic N) is 3. The number of ether oxygens (including phenoxy) is 2. The molecule has 2 aliphatic rings. The summed E-state index contributed by atoms with van der Waals surface area (Å²) >= 11 is 0. The van der Waals surface area contributed by atoms with Gasteiger partial charge in [-0.25, -0.2) is 9.59 Å². The first-order chi connectivity index (χ1) is 13.1. The molecule has 3 rings (SSSR count). The van der Waals surface area contributed by atoms with Gasteiger partial charge in [0.05, 0.1) is 12.6 Å². The molecular formula is C20H31N3O5. The quantitative estimate of drug-likeness (QED) is 0.731. The largest absolute Gasteiger partial charge is 0.444 e. The van der Waals surface area contributed by atoms with E-state index >= 15 is 0 Å². The van der Waals surface area contributed by atoms with Gasteiger partial charge in [-0.3, -0.25) is 14.0 Å². The minimum Gasteiger partial charge on any atom is -0.444 e. The molecule has 1 saturated heterocycles. The number of hydrogen-bond acceptors (Lipinski definition) is 6. The van der Waals surface area contributed by atoms with E-state index in [9.17, 15) is 9.59 Å². The van der Waals surface area contributed by atoms with E-state index in [1.807, 2.05) is 46.8 Å². The van der Waals surface area contributed by atoms with E-state index in [4.69, 9.17) is 14.0 Å². The second-order valence-corrected chi connectivity index (χ2v) is 8.97. The van der Waals surface area contributed by atoms with Crippen molar-refractivity contribution in [3.05, 3.63) is 28.5 Å². The van der Waals surface area contributed by atoms with Crippen molar-refractivity contribution < 1.29 is 18.8 Å². The van der Waals surface area contributed by atoms with Crippen LogP contribution in [0.5, 0.6) is 0 Å². The van der Waals surface area contributed by atoms with E-state index in [1.165, 1.54) is 0 Å². The molecule has 28 heavy (non-hydrogen) atoms. The van der Waals surface area contributed by atoms with Gasteiger partial charge in [0.2, 0.25) is 0 Å². The zero-order chi connectivity index (χ0) is 20.5. The van der Waals surface area contributed by atoms with Crippen LogP contribution in [-0.4, -0.2) is 44.7 Å². The lowest BCUT2D eigenvalue weighted by molar-refractivity contribution is -0.0610. The second kappa shape index (κ2) is 7.73. The first-order valence-electron chi connectivity index (χ1n) is 9.98. The fourth-order valence-corrected chi connectivity index (χ4v) is 3.86. The average molecular weight is 393 g/mol. The van der Waals surface area contributed by atoms with Crippen LogP contribution >= 0.6 is 0 Å². The van der Waals surface area contributed by atoms with Crippen LogP contribution in [0.2, 0.25) is 0 Å². The minimum atomic E-state index is -0.738. The molecule has 1 aromatic rings. The van der Waals surface area contributed by atoms with Gasteiger partial charge in [0.15, 0.2) is 5.82 Å². The smallest absolute Gasteiger partial charge is 0.441 e. The van der Waals surface area contributed by atoms with Crippen LogP contribution in [0.15, 0.2) is 21.5 Å². The molecule has 8 nitrogen and oxygen atoms in total. The van der Waals surface area contributed by atoms with E-state index in [0.29, 0.717) is 13.0 Å². The number of amides is 1. The lowest BCUT2D eigenvalue weighted by atomic mass is 10.1. The SMILES string of the molecule is CC(C)(C)OC(=O)N1[C@H](C=CCC2CCCCc3noc(=O)n32)COC1(C)C. The Balaban J connectivity index is 1.72. The maximum Gasteiger partial charge on any atom is 0.441 e. The predicted octanol–water partition coefficient (Wildman–Crippen LogP) is 3.42. The van der Waals surface area contributed by atoms with Crippen molar-refractivity contribution in [2.45, 2.75) is 90.1 Å². The number of aromatic nitrogens is 2. The summed E-state index contributed by atoms with van der Waals surface area (Å²) < 4.78 is 17.9. The average Bonchev–Trinajstić information content (AvgIpc) is 2.99. The van der Waals surface area contributed by atoms with Crippen LogP contribution in [0.4, 0.5) is 4.79 Å². The molecule has 2 aliphatic heterocycles. The van der Waals surface area contributed by atoms with Gasteiger partial charge in [0.1, 0.15) is 11.3 Å². The highest BCUT2D eigenvalue weighted by Gasteiger charge is 2.44. The molecule has 1 unspecified atom stereocenters. The Hall–Kier alpha value is -2.09. The highest BCUT2D eigenvalue weighted by atomic mass is 16.6. The zero-order valence-corrected chi connectivity index (χ0v) is 17.4. The van der Waals surface area contributed by atoms with Gasteiger partial charge in [-0.1, -0.05) is 23.7 Å². The van der Waals surface area contributed by atoms with Gasteiger partial charge in [-0.2, -0.15) is 0 Å². The molecule has 8 heteroatoms. The van der Waals surface area contributed by atoms with E-state index < -0.39 is 23.2 Å². The predicted molar refractivity (Wildman–Crippen MR) is 103 cm³/mol. The lowest BCUT2D eigenvalue weighted by Gasteiger charge is -2.34. The molecule has 156 valence electrons. The molecular weight excluding hydrogens is 362 g/mol. The number of aryl methyl sites for hydroxylation is 1. The molecule has 3 heterocycles. The van der Waals surface area contributed by atoms with Crippen molar-refractivity contribution in [1.82, 2.24) is 14.6 Å². The van der Waals surface area contributed by atoms with E-state index in [-0.39, 0.29) is 12.1 Å². The lowest BCUT2D eigenvalue weighted by Crippen LogP contribution is -2.49. The van der Waals surface area contributed by atoms with E-state index in [1.54, 1.807) is 9.47 Å². The third kappa shape index (κ3) is 4.48. The van der Waals surface area contributed by atoms with Gasteiger partial charge < -0.3 is 9.47 Å². The monoisotopic (exact) mass is 393 g/mol. The molecule has 0 aliphatic carbocycles. The number of allylic oxidation sites excluding steroid dienone is 1. The van der Waals surface area contributed by atoms with Gasteiger partial charge in [0, 0.05) is 12.5 Å². The van der Waals surface area contributed by atoms with Crippen molar-refractivity contribution in [1.29, 1.82) is 0 Å². The normalized spacial score (nSPS) is 25.0. The zero-order valence-electron chi connectivity index (χ0n) is 17.4. The summed E-state index contributed by atoms with van der Waals surface area (Å²) in [4.78, 5) is 26.4. The minimum absolute atomic E-state index is 0.0257. The van der Waals surface area contributed by atoms with Gasteiger partial charge in [0.25, 0.3) is 0 Å². The fourth-order valence-electron chi connectivity index (χ4n) is 3.86. The first-order valence-corrected chi connectivity index (χ1v) is 9.98. The molecule has 1 aromatic heterocycles. The summed E-state index contributed by atoms with van der Waals surface area (Å²) in [6, 6.07) is -0.188. The molecule has 0 aromatic carbocycles. The summed E-state index contributed by atoms with van der Waals surface area (Å²) in [7, 11) is 0. The summed E-state index contributed by atoms with van der Waals surface area (Å²) in [6.07, 6.45) is 8.00. The Kier molecular flexibility index (Phi) is 5.70. The fraction of sp³-hybridized carbons (Fsp3) is 0.750. The molecule has 2 atom stereocenters. The summed E-state index contributed by atoms with van der Waals surface area (Å²) in [5.74, 6) is 0.331. The van der Waals surface area contributed by atoms with Crippen LogP contribution < -0.4 is 5.76 Å². The highest BCUT2D eigenvalue weighted by Crippen LogP contribution is 2.31. The Morgan fingerprint density at radius 3 is 2.82 bits per heavy atom. The van der Waals surface area contributed by atoms with Gasteiger partial charge in [-0.05, 0) is 53.9 Å². The molecule has 0 saturated carbocycles. The van der Waals surface area contributed by atoms with Crippen LogP contribution in [0, 0.1) is 0 Å². The molecule has 1 fully saturated rings. The Bertz CT molecular complexity index is 786. The molecule has 0 bridgehead atoms. The molecule has 0 radical (unpaired) electrons. The summed E-state index contributed by atoms with van der Waals surface area (Å²) in [5, 5.41) is 3.90. The van der Waals surface area contributed by atoms with Crippen molar-refractivity contribution >= 4 is 6.09 Å². The third-order valence-electron chi connectivity index (χ3n) is 5.13. The summed E-state index contributed by atoms with van der Waals surface area (Å²) in [5.41, 5.74) is -1.31. The van der Waals surface area contributed by atoms with Crippen molar-refractivity contribution in [2.75, 3.05) is 6.61 Å². The maximum atomic E-state index is 12.7. The number of rotatable bonds is 3. The molecule has 1 amide bonds. The first kappa shape index (κ1) is 20.6. The van der Waals surface area contributed by atoms with Crippen LogP contribution in [0.1, 0.15) is 72.2 Å². The topological polar surface area (TPSA) is 86.8 Å². The van der Waals surface area contributed by atoms with E-state index in [0.717, 1.165) is 31.5 Å². The van der Waals surface area contributed by atoms with Crippen LogP contribution in [0.25, 0.3) is 0 Å². The number of hydrogen-bond donors (Lipinski definition) is 0. The van der Waals surface area contributed by atoms with Crippen molar-refractivity contribution in [3.8, 4) is 0 Å².